The fraction of sp³-hybridized carbons (Fsp3) is 0.148. The number of ether oxygens (including phenoxy) is 1. The van der Waals surface area contributed by atoms with Crippen molar-refractivity contribution < 1.29 is 14.3 Å². The highest BCUT2D eigenvalue weighted by molar-refractivity contribution is 7.17. The molecule has 0 bridgehead atoms. The third kappa shape index (κ3) is 4.76. The average Bonchev–Trinajstić information content (AvgIpc) is 3.36. The molecule has 2 amide bonds. The number of benzene rings is 3. The van der Waals surface area contributed by atoms with E-state index in [4.69, 9.17) is 9.72 Å². The molecule has 2 heterocycles. The van der Waals surface area contributed by atoms with Gasteiger partial charge in [0.2, 0.25) is 0 Å². The summed E-state index contributed by atoms with van der Waals surface area (Å²) in [5.41, 5.74) is 3.58. The van der Waals surface area contributed by atoms with Gasteiger partial charge in [0.05, 0.1) is 18.9 Å². The van der Waals surface area contributed by atoms with Gasteiger partial charge in [0.15, 0.2) is 0 Å². The topological polar surface area (TPSA) is 71.5 Å². The van der Waals surface area contributed by atoms with Gasteiger partial charge in [0.1, 0.15) is 9.88 Å². The van der Waals surface area contributed by atoms with E-state index in [2.05, 4.69) is 5.32 Å². The van der Waals surface area contributed by atoms with E-state index < -0.39 is 0 Å². The Morgan fingerprint density at radius 2 is 1.53 bits per heavy atom. The Kier molecular flexibility index (Phi) is 6.46. The largest absolute Gasteiger partial charge is 0.378 e. The molecular formula is C27H23N3O3S. The fourth-order valence-corrected chi connectivity index (χ4v) is 4.82. The van der Waals surface area contributed by atoms with Crippen molar-refractivity contribution in [3.8, 4) is 21.8 Å². The van der Waals surface area contributed by atoms with E-state index >= 15 is 0 Å². The summed E-state index contributed by atoms with van der Waals surface area (Å²) in [5, 5.41) is 3.75. The average molecular weight is 470 g/mol. The summed E-state index contributed by atoms with van der Waals surface area (Å²) in [7, 11) is 0. The third-order valence-corrected chi connectivity index (χ3v) is 6.67. The summed E-state index contributed by atoms with van der Waals surface area (Å²) < 4.78 is 5.34. The number of amides is 2. The molecule has 0 unspecified atom stereocenters. The molecule has 1 aromatic heterocycles. The van der Waals surface area contributed by atoms with E-state index in [1.165, 1.54) is 11.3 Å². The zero-order chi connectivity index (χ0) is 23.3. The van der Waals surface area contributed by atoms with Crippen LogP contribution in [0.1, 0.15) is 20.0 Å². The number of nitrogens with one attached hydrogen (secondary N) is 1. The van der Waals surface area contributed by atoms with Crippen LogP contribution < -0.4 is 5.32 Å². The van der Waals surface area contributed by atoms with E-state index in [-0.39, 0.29) is 11.8 Å². The highest BCUT2D eigenvalue weighted by Gasteiger charge is 2.22. The van der Waals surface area contributed by atoms with Gasteiger partial charge in [-0.25, -0.2) is 4.98 Å². The highest BCUT2D eigenvalue weighted by atomic mass is 32.1. The Hall–Kier alpha value is -3.81. The molecule has 1 saturated heterocycles. The van der Waals surface area contributed by atoms with Crippen LogP contribution in [0.5, 0.6) is 0 Å². The standard InChI is InChI=1S/C27H23N3O3S/c31-25(28-22-13-7-12-21(18-22)27(32)30-14-16-33-17-15-30)24-23(19-8-3-1-4-9-19)29-26(34-24)20-10-5-2-6-11-20/h1-13,18H,14-17H2,(H,28,31). The number of hydrogen-bond donors (Lipinski definition) is 1. The van der Waals surface area contributed by atoms with Gasteiger partial charge in [-0.1, -0.05) is 66.7 Å². The van der Waals surface area contributed by atoms with Crippen LogP contribution in [-0.2, 0) is 4.74 Å². The van der Waals surface area contributed by atoms with Gasteiger partial charge in [0.25, 0.3) is 11.8 Å². The minimum absolute atomic E-state index is 0.0615. The Labute approximate surface area is 201 Å². The van der Waals surface area contributed by atoms with Crippen molar-refractivity contribution in [3.63, 3.8) is 0 Å². The first-order valence-electron chi connectivity index (χ1n) is 11.1. The summed E-state index contributed by atoms with van der Waals surface area (Å²) in [4.78, 5) is 33.3. The molecule has 1 aliphatic heterocycles. The summed E-state index contributed by atoms with van der Waals surface area (Å²) in [6.45, 7) is 2.22. The molecule has 0 atom stereocenters. The van der Waals surface area contributed by atoms with Crippen LogP contribution in [0.3, 0.4) is 0 Å². The molecule has 3 aromatic carbocycles. The number of carbonyl (C=O) groups excluding carboxylic acids is 2. The number of carbonyl (C=O) groups is 2. The monoisotopic (exact) mass is 469 g/mol. The molecule has 34 heavy (non-hydrogen) atoms. The smallest absolute Gasteiger partial charge is 0.268 e. The SMILES string of the molecule is O=C(Nc1cccc(C(=O)N2CCOCC2)c1)c1sc(-c2ccccc2)nc1-c1ccccc1. The van der Waals surface area contributed by atoms with Crippen LogP contribution in [0, 0.1) is 0 Å². The van der Waals surface area contributed by atoms with Crippen LogP contribution >= 0.6 is 11.3 Å². The Morgan fingerprint density at radius 3 is 2.24 bits per heavy atom. The summed E-state index contributed by atoms with van der Waals surface area (Å²) in [5.74, 6) is -0.317. The predicted octanol–water partition coefficient (Wildman–Crippen LogP) is 5.20. The lowest BCUT2D eigenvalue weighted by Crippen LogP contribution is -2.40. The maximum Gasteiger partial charge on any atom is 0.268 e. The molecule has 6 nitrogen and oxygen atoms in total. The van der Waals surface area contributed by atoms with Crippen LogP contribution in [0.4, 0.5) is 5.69 Å². The van der Waals surface area contributed by atoms with Gasteiger partial charge < -0.3 is 15.0 Å². The molecule has 170 valence electrons. The van der Waals surface area contributed by atoms with E-state index in [0.717, 1.165) is 16.1 Å². The van der Waals surface area contributed by atoms with Crippen LogP contribution in [0.25, 0.3) is 21.8 Å². The first-order valence-corrected chi connectivity index (χ1v) is 11.9. The summed E-state index contributed by atoms with van der Waals surface area (Å²) in [6.07, 6.45) is 0. The van der Waals surface area contributed by atoms with Gasteiger partial charge in [-0.2, -0.15) is 0 Å². The van der Waals surface area contributed by atoms with Crippen molar-refractivity contribution >= 4 is 28.8 Å². The normalized spacial score (nSPS) is 13.5. The molecule has 1 N–H and O–H groups in total. The number of rotatable bonds is 5. The first-order chi connectivity index (χ1) is 16.7. The van der Waals surface area contributed by atoms with Crippen molar-refractivity contribution in [1.29, 1.82) is 0 Å². The van der Waals surface area contributed by atoms with Crippen LogP contribution in [0.15, 0.2) is 84.9 Å². The van der Waals surface area contributed by atoms with Crippen molar-refractivity contribution in [2.45, 2.75) is 0 Å². The second-order valence-electron chi connectivity index (χ2n) is 7.87. The molecule has 1 aliphatic rings. The Morgan fingerprint density at radius 1 is 0.853 bits per heavy atom. The Bertz CT molecular complexity index is 1300. The molecule has 4 aromatic rings. The quantitative estimate of drug-likeness (QED) is 0.436. The molecule has 0 radical (unpaired) electrons. The van der Waals surface area contributed by atoms with E-state index in [1.807, 2.05) is 60.7 Å². The van der Waals surface area contributed by atoms with Gasteiger partial charge in [-0.15, -0.1) is 11.3 Å². The zero-order valence-electron chi connectivity index (χ0n) is 18.4. The molecular weight excluding hydrogens is 446 g/mol. The van der Waals surface area contributed by atoms with Crippen molar-refractivity contribution in [2.24, 2.45) is 0 Å². The van der Waals surface area contributed by atoms with Crippen LogP contribution in [-0.4, -0.2) is 48.0 Å². The zero-order valence-corrected chi connectivity index (χ0v) is 19.3. The minimum Gasteiger partial charge on any atom is -0.378 e. The van der Waals surface area contributed by atoms with Gasteiger partial charge in [-0.05, 0) is 18.2 Å². The second kappa shape index (κ2) is 9.99. The molecule has 1 fully saturated rings. The fourth-order valence-electron chi connectivity index (χ4n) is 3.84. The number of anilines is 1. The molecule has 5 rings (SSSR count). The minimum atomic E-state index is -0.255. The number of hydrogen-bond acceptors (Lipinski definition) is 5. The maximum atomic E-state index is 13.4. The van der Waals surface area contributed by atoms with Crippen molar-refractivity contribution in [1.82, 2.24) is 9.88 Å². The number of aromatic nitrogens is 1. The number of morpholine rings is 1. The highest BCUT2D eigenvalue weighted by Crippen LogP contribution is 2.34. The number of thiazole rings is 1. The van der Waals surface area contributed by atoms with Crippen molar-refractivity contribution in [3.05, 3.63) is 95.4 Å². The van der Waals surface area contributed by atoms with Gasteiger partial charge >= 0.3 is 0 Å². The first kappa shape index (κ1) is 22.0. The lowest BCUT2D eigenvalue weighted by molar-refractivity contribution is 0.0303. The lowest BCUT2D eigenvalue weighted by atomic mass is 10.1. The predicted molar refractivity (Wildman–Crippen MR) is 134 cm³/mol. The van der Waals surface area contributed by atoms with E-state index in [1.54, 1.807) is 29.2 Å². The second-order valence-corrected chi connectivity index (χ2v) is 8.87. The maximum absolute atomic E-state index is 13.4. The van der Waals surface area contributed by atoms with E-state index in [0.29, 0.717) is 48.1 Å². The number of nitrogens with zero attached hydrogens (tertiary/aromatic N) is 2. The molecule has 0 aliphatic carbocycles. The van der Waals surface area contributed by atoms with Crippen molar-refractivity contribution in [2.75, 3.05) is 31.6 Å². The molecule has 7 heteroatoms. The van der Waals surface area contributed by atoms with Crippen LogP contribution in [0.2, 0.25) is 0 Å². The lowest BCUT2D eigenvalue weighted by Gasteiger charge is -2.27. The summed E-state index contributed by atoms with van der Waals surface area (Å²) >= 11 is 1.36. The third-order valence-electron chi connectivity index (χ3n) is 5.57. The van der Waals surface area contributed by atoms with Gasteiger partial charge in [0, 0.05) is 35.5 Å². The van der Waals surface area contributed by atoms with Gasteiger partial charge in [-0.3, -0.25) is 9.59 Å². The molecule has 0 spiro atoms. The molecule has 0 saturated carbocycles. The summed E-state index contributed by atoms with van der Waals surface area (Å²) in [6, 6.07) is 26.6. The van der Waals surface area contributed by atoms with E-state index in [9.17, 15) is 9.59 Å². The Balaban J connectivity index is 1.43.